The number of rotatable bonds is 5. The van der Waals surface area contributed by atoms with E-state index in [4.69, 9.17) is 22.3 Å². The molecule has 262 valence electrons. The Morgan fingerprint density at radius 1 is 0.600 bits per heavy atom. The van der Waals surface area contributed by atoms with E-state index in [1.807, 2.05) is 48.5 Å². The Balaban J connectivity index is 0.000000448. The molecule has 0 unspecified atom stereocenters. The van der Waals surface area contributed by atoms with E-state index in [0.717, 1.165) is 11.1 Å². The van der Waals surface area contributed by atoms with Crippen LogP contribution in [0.2, 0.25) is 0 Å². The first kappa shape index (κ1) is 41.6. The molecule has 0 aliphatic heterocycles. The minimum absolute atomic E-state index is 0. The van der Waals surface area contributed by atoms with Gasteiger partial charge in [-0.05, 0) is 58.4 Å². The van der Waals surface area contributed by atoms with Crippen LogP contribution < -0.4 is 9.47 Å². The van der Waals surface area contributed by atoms with Crippen molar-refractivity contribution < 1.29 is 51.6 Å². The molecule has 0 saturated carbocycles. The van der Waals surface area contributed by atoms with Crippen molar-refractivity contribution in [2.24, 2.45) is 0 Å². The summed E-state index contributed by atoms with van der Waals surface area (Å²) < 4.78 is 15.1. The van der Waals surface area contributed by atoms with Crippen molar-refractivity contribution in [3.05, 3.63) is 158 Å². The molecule has 0 fully saturated rings. The normalized spacial score (nSPS) is 10.2. The van der Waals surface area contributed by atoms with Gasteiger partial charge < -0.3 is 66.8 Å². The van der Waals surface area contributed by atoms with E-state index in [0.29, 0.717) is 34.4 Å². The standard InChI is InChI=1S/C30H28N2O2.2C6H4N.2Pt/c1-29(2,3)23-13-15-31-27(19-23)33-25-11-7-9-21(17-25)22-10-8-12-26(18-22)34-28-20-24(14-16-32-28)30(4,5)6;2*1-2-7-5-3-4-6-7;;/h7-8,11-16,19-20H,1-6H3;2*3-6H;;/q-4;2*-1;;. The molecule has 0 aliphatic carbocycles. The number of ether oxygens (including phenoxy) is 2. The van der Waals surface area contributed by atoms with Crippen molar-refractivity contribution >= 4 is 0 Å². The molecule has 6 rings (SSSR count). The van der Waals surface area contributed by atoms with Crippen LogP contribution in [0.5, 0.6) is 23.3 Å². The van der Waals surface area contributed by atoms with Crippen molar-refractivity contribution in [3.63, 3.8) is 0 Å². The predicted molar refractivity (Wildman–Crippen MR) is 187 cm³/mol. The molecule has 0 saturated heterocycles. The van der Waals surface area contributed by atoms with Crippen molar-refractivity contribution in [3.8, 4) is 46.5 Å². The Hall–Kier alpha value is -4.60. The van der Waals surface area contributed by atoms with Gasteiger partial charge in [0.15, 0.2) is 0 Å². The summed E-state index contributed by atoms with van der Waals surface area (Å²) in [5.74, 6) is 2.13. The first-order chi connectivity index (χ1) is 22.9. The molecular weight excluding hydrogens is 983 g/mol. The Morgan fingerprint density at radius 3 is 1.26 bits per heavy atom. The Kier molecular flexibility index (Phi) is 16.3. The molecule has 4 aromatic heterocycles. The number of benzene rings is 2. The van der Waals surface area contributed by atoms with Gasteiger partial charge in [0.1, 0.15) is 0 Å². The second-order valence-corrected chi connectivity index (χ2v) is 12.6. The number of aromatic nitrogens is 4. The van der Waals surface area contributed by atoms with Crippen molar-refractivity contribution in [2.45, 2.75) is 52.4 Å². The van der Waals surface area contributed by atoms with Gasteiger partial charge >= 0.3 is 0 Å². The van der Waals surface area contributed by atoms with Crippen LogP contribution >= 0.6 is 0 Å². The zero-order chi connectivity index (χ0) is 34.6. The van der Waals surface area contributed by atoms with Gasteiger partial charge in [-0.15, -0.1) is 0 Å². The SMILES string of the molecule is CC(C)(C)c1ccnc(Oc2[c-]c(-c3[c-]ccc(Oc4cc(C(C)(C)C)ccn4)[c-]3)[c-]cc2)c1.[C-]#Cn1cccc1.[C-]#Cn1cccc1.[Pt].[Pt]. The third kappa shape index (κ3) is 13.0. The second kappa shape index (κ2) is 19.6. The van der Waals surface area contributed by atoms with Crippen LogP contribution in [-0.2, 0) is 53.0 Å². The third-order valence-corrected chi connectivity index (χ3v) is 6.77. The van der Waals surface area contributed by atoms with Crippen LogP contribution in [0.4, 0.5) is 0 Å². The molecule has 0 bridgehead atoms. The Labute approximate surface area is 325 Å². The Bertz CT molecular complexity index is 1830. The monoisotopic (exact) mass is 1020 g/mol. The Morgan fingerprint density at radius 2 is 0.960 bits per heavy atom. The summed E-state index contributed by atoms with van der Waals surface area (Å²) >= 11 is 0. The van der Waals surface area contributed by atoms with Crippen molar-refractivity contribution in [1.29, 1.82) is 0 Å². The van der Waals surface area contributed by atoms with Crippen LogP contribution in [0.3, 0.4) is 0 Å². The van der Waals surface area contributed by atoms with Gasteiger partial charge in [0.25, 0.3) is 0 Å². The maximum atomic E-state index is 6.57. The van der Waals surface area contributed by atoms with Gasteiger partial charge in [0, 0.05) is 91.4 Å². The average molecular weight is 1020 g/mol. The van der Waals surface area contributed by atoms with E-state index in [1.165, 1.54) is 0 Å². The van der Waals surface area contributed by atoms with Crippen LogP contribution in [0.25, 0.3) is 11.1 Å². The number of nitrogens with zero attached hydrogens (tertiary/aromatic N) is 4. The van der Waals surface area contributed by atoms with Crippen molar-refractivity contribution in [1.82, 2.24) is 19.1 Å². The van der Waals surface area contributed by atoms with Gasteiger partial charge in [-0.3, -0.25) is 12.1 Å². The van der Waals surface area contributed by atoms with Gasteiger partial charge in [-0.25, -0.2) is 22.1 Å². The van der Waals surface area contributed by atoms with E-state index in [-0.39, 0.29) is 53.0 Å². The van der Waals surface area contributed by atoms with Crippen LogP contribution in [-0.4, -0.2) is 19.1 Å². The smallest absolute Gasteiger partial charge is 0.215 e. The predicted octanol–water partition coefficient (Wildman–Crippen LogP) is 9.29. The molecule has 0 N–H and O–H groups in total. The molecule has 0 radical (unpaired) electrons. The molecule has 2 aromatic carbocycles. The molecule has 4 heterocycles. The number of hydrogen-bond acceptors (Lipinski definition) is 4. The minimum Gasteiger partial charge on any atom is -0.669 e. The minimum atomic E-state index is 0. The zero-order valence-corrected chi connectivity index (χ0v) is 33.2. The van der Waals surface area contributed by atoms with E-state index >= 15 is 0 Å². The summed E-state index contributed by atoms with van der Waals surface area (Å²) in [7, 11) is 0. The van der Waals surface area contributed by atoms with Gasteiger partial charge in [0.2, 0.25) is 11.8 Å². The summed E-state index contributed by atoms with van der Waals surface area (Å²) in [6.07, 6.45) is 23.7. The average Bonchev–Trinajstić information content (AvgIpc) is 3.80. The van der Waals surface area contributed by atoms with Crippen LogP contribution in [0, 0.1) is 49.2 Å². The molecule has 0 amide bonds. The molecule has 6 aromatic rings. The summed E-state index contributed by atoms with van der Waals surface area (Å²) in [4.78, 5) is 8.68. The summed E-state index contributed by atoms with van der Waals surface area (Å²) in [6, 6.07) is 39.7. The molecule has 0 atom stereocenters. The maximum Gasteiger partial charge on any atom is 0.215 e. The van der Waals surface area contributed by atoms with E-state index in [9.17, 15) is 0 Å². The fraction of sp³-hybridized carbons (Fsp3) is 0.190. The molecule has 50 heavy (non-hydrogen) atoms. The fourth-order valence-corrected chi connectivity index (χ4v) is 4.10. The van der Waals surface area contributed by atoms with E-state index in [2.05, 4.69) is 87.9 Å². The van der Waals surface area contributed by atoms with E-state index < -0.39 is 0 Å². The van der Waals surface area contributed by atoms with Crippen molar-refractivity contribution in [2.75, 3.05) is 0 Å². The summed E-state index contributed by atoms with van der Waals surface area (Å²) in [6.45, 7) is 12.9. The molecule has 8 heteroatoms. The van der Waals surface area contributed by atoms with E-state index in [1.54, 1.807) is 70.6 Å². The largest absolute Gasteiger partial charge is 0.669 e. The topological polar surface area (TPSA) is 54.1 Å². The van der Waals surface area contributed by atoms with Gasteiger partial charge in [-0.2, -0.15) is 12.1 Å². The molecule has 0 aliphatic rings. The number of pyridine rings is 2. The summed E-state index contributed by atoms with van der Waals surface area (Å²) in [5.41, 5.74) is 3.65. The second-order valence-electron chi connectivity index (χ2n) is 12.6. The number of hydrogen-bond donors (Lipinski definition) is 0. The first-order valence-electron chi connectivity index (χ1n) is 15.2. The maximum absolute atomic E-state index is 6.57. The first-order valence-corrected chi connectivity index (χ1v) is 15.2. The molecule has 0 spiro atoms. The van der Waals surface area contributed by atoms with Gasteiger partial charge in [0.05, 0.1) is 0 Å². The molecular formula is C42H36N4O2Pt2-6. The summed E-state index contributed by atoms with van der Waals surface area (Å²) in [5, 5.41) is 0. The van der Waals surface area contributed by atoms with Gasteiger partial charge in [-0.1, -0.05) is 53.0 Å². The molecule has 6 nitrogen and oxygen atoms in total. The quantitative estimate of drug-likeness (QED) is 0.128. The fourth-order valence-electron chi connectivity index (χ4n) is 4.10. The van der Waals surface area contributed by atoms with Crippen LogP contribution in [0.15, 0.2) is 110 Å². The van der Waals surface area contributed by atoms with Crippen LogP contribution in [0.1, 0.15) is 52.7 Å². The third-order valence-electron chi connectivity index (χ3n) is 6.77. The zero-order valence-electron chi connectivity index (χ0n) is 28.6.